The molecule has 1 amide bonds. The number of amidine groups is 1. The molecule has 10 heteroatoms. The van der Waals surface area contributed by atoms with Gasteiger partial charge in [0.1, 0.15) is 24.1 Å². The van der Waals surface area contributed by atoms with E-state index in [9.17, 15) is 15.0 Å². The Morgan fingerprint density at radius 3 is 2.96 bits per heavy atom. The summed E-state index contributed by atoms with van der Waals surface area (Å²) in [7, 11) is 0. The normalized spacial score (nSPS) is 35.0. The monoisotopic (exact) mass is 548 g/mol. The number of ether oxygens (including phenoxy) is 2. The smallest absolute Gasteiger partial charge is 0.254 e. The van der Waals surface area contributed by atoms with E-state index in [-0.39, 0.29) is 33.6 Å². The number of aliphatic imine (C=N–C) groups is 2. The average molecular weight is 548 g/mol. The summed E-state index contributed by atoms with van der Waals surface area (Å²) in [6, 6.07) is -0.682. The van der Waals surface area contributed by atoms with Gasteiger partial charge in [-0.1, -0.05) is 24.8 Å². The van der Waals surface area contributed by atoms with Gasteiger partial charge in [-0.05, 0) is 13.3 Å². The van der Waals surface area contributed by atoms with E-state index in [2.05, 4.69) is 21.9 Å². The first-order chi connectivity index (χ1) is 12.5. The number of hydrogen-bond donors (Lipinski definition) is 3. The van der Waals surface area contributed by atoms with Gasteiger partial charge in [-0.15, -0.1) is 0 Å². The molecule has 148 valence electrons. The van der Waals surface area contributed by atoms with E-state index in [0.717, 1.165) is 0 Å². The first kappa shape index (κ1) is 21.9. The van der Waals surface area contributed by atoms with Crippen molar-refractivity contribution < 1.29 is 45.5 Å². The second kappa shape index (κ2) is 9.70. The van der Waals surface area contributed by atoms with Gasteiger partial charge in [0.05, 0.1) is 19.6 Å². The summed E-state index contributed by atoms with van der Waals surface area (Å²) < 4.78 is 11.3. The first-order valence-electron chi connectivity index (χ1n) is 8.56. The Morgan fingerprint density at radius 2 is 2.22 bits per heavy atom. The van der Waals surface area contributed by atoms with Crippen molar-refractivity contribution in [3.05, 3.63) is 24.8 Å². The van der Waals surface area contributed by atoms with Crippen molar-refractivity contribution in [2.24, 2.45) is 9.98 Å². The number of carbonyl (C=O) groups is 1. The molecule has 0 aromatic rings. The molecule has 0 aromatic carbocycles. The Bertz CT molecular complexity index is 641. The predicted molar refractivity (Wildman–Crippen MR) is 94.6 cm³/mol. The molecule has 0 bridgehead atoms. The summed E-state index contributed by atoms with van der Waals surface area (Å²) in [5.41, 5.74) is 0. The van der Waals surface area contributed by atoms with Gasteiger partial charge >= 0.3 is 0 Å². The molecule has 3 aliphatic heterocycles. The third-order valence-electron chi connectivity index (χ3n) is 4.46. The van der Waals surface area contributed by atoms with E-state index in [1.54, 1.807) is 17.9 Å². The van der Waals surface area contributed by atoms with E-state index in [1.807, 2.05) is 12.2 Å². The van der Waals surface area contributed by atoms with Gasteiger partial charge < -0.3 is 29.9 Å². The van der Waals surface area contributed by atoms with Crippen LogP contribution < -0.4 is 5.32 Å². The van der Waals surface area contributed by atoms with Crippen LogP contribution in [0.3, 0.4) is 0 Å². The molecular formula is C17H24N4O5W. The van der Waals surface area contributed by atoms with Crippen LogP contribution in [0, 0.1) is 0 Å². The minimum atomic E-state index is -1.16. The molecule has 3 unspecified atom stereocenters. The molecule has 9 nitrogen and oxygen atoms in total. The Hall–Kier alpha value is -1.38. The third-order valence-corrected chi connectivity index (χ3v) is 4.46. The number of fused-ring (bicyclic) bond motifs is 1. The van der Waals surface area contributed by atoms with E-state index in [4.69, 9.17) is 9.47 Å². The maximum Gasteiger partial charge on any atom is 0.254 e. The number of aliphatic hydroxyl groups excluding tert-OH is 2. The second-order valence-corrected chi connectivity index (χ2v) is 6.35. The van der Waals surface area contributed by atoms with Crippen LogP contribution in [0.15, 0.2) is 34.8 Å². The molecule has 27 heavy (non-hydrogen) atoms. The van der Waals surface area contributed by atoms with Gasteiger partial charge in [-0.25, -0.2) is 4.99 Å². The van der Waals surface area contributed by atoms with Crippen LogP contribution in [0.4, 0.5) is 0 Å². The van der Waals surface area contributed by atoms with Gasteiger partial charge in [0.15, 0.2) is 18.4 Å². The van der Waals surface area contributed by atoms with Crippen LogP contribution in [0.5, 0.6) is 0 Å². The van der Waals surface area contributed by atoms with E-state index >= 15 is 0 Å². The van der Waals surface area contributed by atoms with Crippen LogP contribution in [0.1, 0.15) is 13.3 Å². The zero-order chi connectivity index (χ0) is 18.7. The molecule has 6 atom stereocenters. The van der Waals surface area contributed by atoms with E-state index in [1.165, 1.54) is 6.34 Å². The van der Waals surface area contributed by atoms with Crippen LogP contribution in [-0.2, 0) is 35.3 Å². The van der Waals surface area contributed by atoms with E-state index in [0.29, 0.717) is 18.9 Å². The topological polar surface area (TPSA) is 116 Å². The predicted octanol–water partition coefficient (Wildman–Crippen LogP) is -0.834. The molecule has 1 saturated heterocycles. The molecule has 1 fully saturated rings. The second-order valence-electron chi connectivity index (χ2n) is 6.35. The fraction of sp³-hybridized carbons (Fsp3) is 0.588. The average Bonchev–Trinajstić information content (AvgIpc) is 3.14. The van der Waals surface area contributed by atoms with Gasteiger partial charge in [-0.3, -0.25) is 9.79 Å². The van der Waals surface area contributed by atoms with Gasteiger partial charge in [0.2, 0.25) is 0 Å². The van der Waals surface area contributed by atoms with Gasteiger partial charge in [0.25, 0.3) is 5.91 Å². The minimum absolute atomic E-state index is 0. The molecule has 0 spiro atoms. The van der Waals surface area contributed by atoms with Crippen molar-refractivity contribution in [1.29, 1.82) is 0 Å². The van der Waals surface area contributed by atoms with Crippen molar-refractivity contribution in [2.45, 2.75) is 50.1 Å². The molecular weight excluding hydrogens is 524 g/mol. The van der Waals surface area contributed by atoms with Crippen molar-refractivity contribution in [3.63, 3.8) is 0 Å². The largest absolute Gasteiger partial charge is 0.387 e. The summed E-state index contributed by atoms with van der Waals surface area (Å²) in [4.78, 5) is 22.1. The summed E-state index contributed by atoms with van der Waals surface area (Å²) >= 11 is 0. The maximum absolute atomic E-state index is 12.0. The van der Waals surface area contributed by atoms with Crippen LogP contribution >= 0.6 is 0 Å². The summed E-state index contributed by atoms with van der Waals surface area (Å²) in [6.45, 7) is 5.89. The number of nitrogens with zero attached hydrogens (tertiary/aromatic N) is 3. The van der Waals surface area contributed by atoms with Crippen molar-refractivity contribution in [2.75, 3.05) is 13.2 Å². The SMILES string of the molecule is C=C/C=C/CCOC[C@H]1O[C@@H](N2C=NC3C(=O)NC(C)=NC32)C(O)[C@H]1O.[W]. The molecule has 0 aliphatic carbocycles. The number of allylic oxidation sites excluding steroid dienone is 2. The van der Waals surface area contributed by atoms with Crippen LogP contribution in [0.25, 0.3) is 0 Å². The van der Waals surface area contributed by atoms with Gasteiger partial charge in [0, 0.05) is 21.1 Å². The number of nitrogens with one attached hydrogen (secondary N) is 1. The number of aliphatic hydroxyl groups is 2. The standard InChI is InChI=1S/C17H24N4O5.W/c1-3-4-5-6-7-25-8-11-13(22)14(23)17(26-11)21-9-18-12-15(21)19-10(2)20-16(12)24;/h3-5,9,11-15,17,22-23H,1,6-8H2,2H3,(H,19,20,24);/b5-4+;/t11-,12?,13+,14?,15?,17-;/m1./s1. The number of amides is 1. The maximum atomic E-state index is 12.0. The Morgan fingerprint density at radius 1 is 1.44 bits per heavy atom. The molecule has 3 aliphatic rings. The van der Waals surface area contributed by atoms with Crippen molar-refractivity contribution >= 4 is 18.1 Å². The van der Waals surface area contributed by atoms with Crippen molar-refractivity contribution in [3.8, 4) is 0 Å². The van der Waals surface area contributed by atoms with E-state index < -0.39 is 36.7 Å². The Balaban J connectivity index is 0.00000261. The zero-order valence-electron chi connectivity index (χ0n) is 15.0. The summed E-state index contributed by atoms with van der Waals surface area (Å²) in [5.74, 6) is 0.231. The number of carbonyl (C=O) groups excluding carboxylic acids is 1. The molecule has 0 aromatic heterocycles. The van der Waals surface area contributed by atoms with Crippen LogP contribution in [-0.4, -0.2) is 83.2 Å². The molecule has 3 heterocycles. The molecule has 0 saturated carbocycles. The molecule has 0 radical (unpaired) electrons. The molecule has 3 rings (SSSR count). The molecule has 3 N–H and O–H groups in total. The summed E-state index contributed by atoms with van der Waals surface area (Å²) in [5, 5.41) is 23.3. The first-order valence-corrected chi connectivity index (χ1v) is 8.56. The Labute approximate surface area is 172 Å². The van der Waals surface area contributed by atoms with Crippen LogP contribution in [0.2, 0.25) is 0 Å². The fourth-order valence-corrected chi connectivity index (χ4v) is 3.15. The Kier molecular flexibility index (Phi) is 7.88. The zero-order valence-corrected chi connectivity index (χ0v) is 17.9. The quantitative estimate of drug-likeness (QED) is 0.283. The summed E-state index contributed by atoms with van der Waals surface area (Å²) in [6.07, 6.45) is 3.24. The van der Waals surface area contributed by atoms with Gasteiger partial charge in [-0.2, -0.15) is 0 Å². The number of rotatable bonds is 7. The third kappa shape index (κ3) is 4.73. The number of hydrogen-bond acceptors (Lipinski definition) is 8. The minimum Gasteiger partial charge on any atom is -0.387 e. The van der Waals surface area contributed by atoms with Crippen molar-refractivity contribution in [1.82, 2.24) is 10.2 Å². The fourth-order valence-electron chi connectivity index (χ4n) is 3.15.